The van der Waals surface area contributed by atoms with Gasteiger partial charge in [0.25, 0.3) is 0 Å². The fraction of sp³-hybridized carbons (Fsp3) is 1.00. The molecule has 0 saturated carbocycles. The monoisotopic (exact) mass is 167 g/mol. The van der Waals surface area contributed by atoms with E-state index in [-0.39, 0.29) is 26.4 Å². The van der Waals surface area contributed by atoms with E-state index in [1.54, 1.807) is 0 Å². The smallest absolute Gasteiger partial charge is 0.0967 e. The van der Waals surface area contributed by atoms with Gasteiger partial charge in [-0.25, -0.2) is 9.68 Å². The Kier molecular flexibility index (Phi) is 7.69. The summed E-state index contributed by atoms with van der Waals surface area (Å²) in [7, 11) is 1.34. The molecule has 0 saturated heterocycles. The van der Waals surface area contributed by atoms with E-state index >= 15 is 0 Å². The Morgan fingerprint density at radius 1 is 1.09 bits per heavy atom. The summed E-state index contributed by atoms with van der Waals surface area (Å²) in [6.45, 7) is -0.0801. The molecule has 0 atom stereocenters. The lowest BCUT2D eigenvalue weighted by Gasteiger charge is -2.15. The maximum absolute atomic E-state index is 8.32. The molecule has 0 aliphatic carbocycles. The van der Waals surface area contributed by atoms with Crippen molar-refractivity contribution in [3.05, 3.63) is 0 Å². The lowest BCUT2D eigenvalue weighted by Crippen LogP contribution is -2.26. The van der Waals surface area contributed by atoms with Crippen LogP contribution in [0.4, 0.5) is 0 Å². The van der Waals surface area contributed by atoms with Crippen LogP contribution in [-0.2, 0) is 14.5 Å². The summed E-state index contributed by atoms with van der Waals surface area (Å²) in [6, 6.07) is 0. The summed E-state index contributed by atoms with van der Waals surface area (Å²) in [4.78, 5) is 13.9. The van der Waals surface area contributed by atoms with Crippen molar-refractivity contribution in [1.29, 1.82) is 0 Å². The predicted octanol–water partition coefficient (Wildman–Crippen LogP) is -1.30. The molecular weight excluding hydrogens is 154 g/mol. The average molecular weight is 167 g/mol. The van der Waals surface area contributed by atoms with Crippen LogP contribution in [0.3, 0.4) is 0 Å². The Hall–Kier alpha value is -0.240. The fourth-order valence-corrected chi connectivity index (χ4v) is 0.373. The van der Waals surface area contributed by atoms with Crippen LogP contribution in [0.25, 0.3) is 0 Å². The quantitative estimate of drug-likeness (QED) is 0.459. The lowest BCUT2D eigenvalue weighted by molar-refractivity contribution is -0.519. The van der Waals surface area contributed by atoms with Crippen molar-refractivity contribution >= 4 is 0 Å². The van der Waals surface area contributed by atoms with Gasteiger partial charge in [0, 0.05) is 0 Å². The molecule has 6 nitrogen and oxygen atoms in total. The van der Waals surface area contributed by atoms with Crippen LogP contribution in [0.1, 0.15) is 0 Å². The molecule has 11 heavy (non-hydrogen) atoms. The van der Waals surface area contributed by atoms with Gasteiger partial charge in [0.2, 0.25) is 0 Å². The van der Waals surface area contributed by atoms with Crippen LogP contribution in [-0.4, -0.2) is 49.1 Å². The van der Waals surface area contributed by atoms with E-state index in [1.165, 1.54) is 7.11 Å². The van der Waals surface area contributed by atoms with E-state index in [0.29, 0.717) is 0 Å². The van der Waals surface area contributed by atoms with Gasteiger partial charge in [0.1, 0.15) is 0 Å². The zero-order valence-electron chi connectivity index (χ0n) is 6.39. The highest BCUT2D eigenvalue weighted by Gasteiger charge is 2.02. The summed E-state index contributed by atoms with van der Waals surface area (Å²) in [5.41, 5.74) is 0. The number of nitrogens with zero attached hydrogens (tertiary/aromatic N) is 1. The molecule has 6 heteroatoms. The van der Waals surface area contributed by atoms with Crippen molar-refractivity contribution in [1.82, 2.24) is 5.39 Å². The second-order valence-electron chi connectivity index (χ2n) is 1.52. The second kappa shape index (κ2) is 7.86. The van der Waals surface area contributed by atoms with Gasteiger partial charge >= 0.3 is 0 Å². The maximum atomic E-state index is 8.32. The highest BCUT2D eigenvalue weighted by atomic mass is 17.2. The van der Waals surface area contributed by atoms with Crippen molar-refractivity contribution in [2.45, 2.75) is 0 Å². The predicted molar refractivity (Wildman–Crippen MR) is 34.9 cm³/mol. The summed E-state index contributed by atoms with van der Waals surface area (Å²) >= 11 is 0. The van der Waals surface area contributed by atoms with Crippen molar-refractivity contribution in [3.8, 4) is 0 Å². The van der Waals surface area contributed by atoms with Gasteiger partial charge in [-0.3, -0.25) is 4.84 Å². The van der Waals surface area contributed by atoms with Gasteiger partial charge in [-0.1, -0.05) is 0 Å². The molecule has 0 bridgehead atoms. The van der Waals surface area contributed by atoms with E-state index in [0.717, 1.165) is 5.39 Å². The number of hydrogen-bond donors (Lipinski definition) is 2. The van der Waals surface area contributed by atoms with Crippen LogP contribution in [0, 0.1) is 0 Å². The molecule has 0 rings (SSSR count). The van der Waals surface area contributed by atoms with Gasteiger partial charge in [-0.05, 0) is 0 Å². The van der Waals surface area contributed by atoms with Crippen molar-refractivity contribution < 1.29 is 24.7 Å². The molecule has 0 spiro atoms. The molecule has 0 aromatic rings. The van der Waals surface area contributed by atoms with E-state index in [1.807, 2.05) is 0 Å². The highest BCUT2D eigenvalue weighted by Crippen LogP contribution is 1.90. The van der Waals surface area contributed by atoms with Crippen molar-refractivity contribution in [2.75, 3.05) is 33.5 Å². The summed E-state index contributed by atoms with van der Waals surface area (Å²) in [5, 5.41) is 17.4. The van der Waals surface area contributed by atoms with E-state index in [9.17, 15) is 0 Å². The highest BCUT2D eigenvalue weighted by molar-refractivity contribution is 4.16. The van der Waals surface area contributed by atoms with Crippen LogP contribution in [0.15, 0.2) is 0 Å². The topological polar surface area (TPSA) is 71.4 Å². The normalized spacial score (nSPS) is 10.9. The zero-order valence-corrected chi connectivity index (χ0v) is 6.39. The first-order valence-electron chi connectivity index (χ1n) is 3.17. The minimum Gasteiger partial charge on any atom is -0.394 e. The van der Waals surface area contributed by atoms with Gasteiger partial charge in [-0.2, -0.15) is 0 Å². The fourth-order valence-electron chi connectivity index (χ4n) is 0.373. The molecule has 0 aliphatic rings. The first-order valence-corrected chi connectivity index (χ1v) is 3.17. The minimum absolute atomic E-state index is 0.0826. The molecule has 2 N–H and O–H groups in total. The van der Waals surface area contributed by atoms with Gasteiger partial charge in [0.05, 0.1) is 38.9 Å². The maximum Gasteiger partial charge on any atom is 0.0967 e. The molecule has 0 heterocycles. The Morgan fingerprint density at radius 3 is 1.82 bits per heavy atom. The summed E-state index contributed by atoms with van der Waals surface area (Å²) in [6.07, 6.45) is 0. The first kappa shape index (κ1) is 10.8. The molecule has 0 aliphatic heterocycles. The SMILES string of the molecule is CON(OCCO)OCCO. The third-order valence-electron chi connectivity index (χ3n) is 0.725. The Bertz CT molecular complexity index is 73.3. The Labute approximate surface area is 64.8 Å². The number of aliphatic hydroxyl groups is 2. The van der Waals surface area contributed by atoms with Gasteiger partial charge < -0.3 is 10.2 Å². The standard InChI is InChI=1S/C5H13NO5/c1-9-6(10-4-2-7)11-5-3-8/h7-8H,2-5H2,1H3. The third-order valence-corrected chi connectivity index (χ3v) is 0.725. The molecule has 68 valence electrons. The molecule has 0 amide bonds. The second-order valence-corrected chi connectivity index (χ2v) is 1.52. The third kappa shape index (κ3) is 6.17. The summed E-state index contributed by atoms with van der Waals surface area (Å²) in [5.74, 6) is 0. The van der Waals surface area contributed by atoms with Crippen LogP contribution >= 0.6 is 0 Å². The molecule has 0 aromatic carbocycles. The number of aliphatic hydroxyl groups excluding tert-OH is 2. The Morgan fingerprint density at radius 2 is 1.55 bits per heavy atom. The van der Waals surface area contributed by atoms with E-state index < -0.39 is 0 Å². The lowest BCUT2D eigenvalue weighted by atomic mass is 10.8. The molecular formula is C5H13NO5. The summed E-state index contributed by atoms with van der Waals surface area (Å²) < 4.78 is 0. The first-order chi connectivity index (χ1) is 5.35. The van der Waals surface area contributed by atoms with Gasteiger partial charge in [-0.15, -0.1) is 0 Å². The minimum atomic E-state index is -0.123. The molecule has 0 radical (unpaired) electrons. The zero-order chi connectivity index (χ0) is 8.53. The largest absolute Gasteiger partial charge is 0.394 e. The number of hydrogen-bond acceptors (Lipinski definition) is 6. The Balaban J connectivity index is 3.25. The van der Waals surface area contributed by atoms with Crippen molar-refractivity contribution in [2.24, 2.45) is 0 Å². The number of rotatable bonds is 7. The van der Waals surface area contributed by atoms with Crippen LogP contribution < -0.4 is 0 Å². The van der Waals surface area contributed by atoms with E-state index in [2.05, 4.69) is 14.5 Å². The van der Waals surface area contributed by atoms with Crippen LogP contribution in [0.5, 0.6) is 0 Å². The van der Waals surface area contributed by atoms with Crippen LogP contribution in [0.2, 0.25) is 0 Å². The average Bonchev–Trinajstić information content (AvgIpc) is 2.05. The van der Waals surface area contributed by atoms with Gasteiger partial charge in [0.15, 0.2) is 0 Å². The molecule has 0 aromatic heterocycles. The van der Waals surface area contributed by atoms with E-state index in [4.69, 9.17) is 10.2 Å². The molecule has 0 unspecified atom stereocenters. The molecule has 0 fully saturated rings. The van der Waals surface area contributed by atoms with Crippen molar-refractivity contribution in [3.63, 3.8) is 0 Å².